The molecule has 2 unspecified atom stereocenters. The van der Waals surface area contributed by atoms with E-state index in [0.29, 0.717) is 49.3 Å². The van der Waals surface area contributed by atoms with Gasteiger partial charge in [-0.25, -0.2) is 0 Å². The maximum atomic E-state index is 12.7. The topological polar surface area (TPSA) is 67.9 Å². The van der Waals surface area contributed by atoms with E-state index >= 15 is 0 Å². The van der Waals surface area contributed by atoms with Crippen LogP contribution in [0.2, 0.25) is 0 Å². The second-order valence-corrected chi connectivity index (χ2v) is 8.48. The van der Waals surface area contributed by atoms with Crippen LogP contribution in [0.5, 0.6) is 11.5 Å². The molecule has 166 valence electrons. The summed E-state index contributed by atoms with van der Waals surface area (Å²) in [4.78, 5) is 27.0. The van der Waals surface area contributed by atoms with Crippen LogP contribution in [0.4, 0.5) is 0 Å². The minimum atomic E-state index is 0.0115. The molecular formula is C24H36N2O4. The van der Waals surface area contributed by atoms with Crippen molar-refractivity contribution >= 4 is 11.8 Å². The van der Waals surface area contributed by atoms with Crippen molar-refractivity contribution < 1.29 is 19.1 Å². The van der Waals surface area contributed by atoms with Crippen LogP contribution >= 0.6 is 0 Å². The Labute approximate surface area is 180 Å². The predicted molar refractivity (Wildman–Crippen MR) is 117 cm³/mol. The van der Waals surface area contributed by atoms with Gasteiger partial charge in [0, 0.05) is 32.0 Å². The molecule has 1 aliphatic carbocycles. The lowest BCUT2D eigenvalue weighted by Gasteiger charge is -2.44. The Morgan fingerprint density at radius 2 is 1.80 bits per heavy atom. The molecule has 1 aliphatic heterocycles. The summed E-state index contributed by atoms with van der Waals surface area (Å²) in [6.07, 6.45) is 9.62. The van der Waals surface area contributed by atoms with Crippen LogP contribution < -0.4 is 14.8 Å². The van der Waals surface area contributed by atoms with Gasteiger partial charge in [-0.3, -0.25) is 9.59 Å². The number of likely N-dealkylation sites (tertiary alicyclic amines) is 1. The second-order valence-electron chi connectivity index (χ2n) is 8.48. The molecule has 1 heterocycles. The van der Waals surface area contributed by atoms with Gasteiger partial charge in [-0.2, -0.15) is 0 Å². The highest BCUT2D eigenvalue weighted by atomic mass is 16.5. The molecule has 0 bridgehead atoms. The molecule has 0 aromatic heterocycles. The standard InChI is InChI=1S/C24H36N2O4/c1-29-21-13-12-18(17-22(21)30-2)14-15-25-23(27)10-5-11-24(28)26-16-6-8-19-7-3-4-9-20(19)26/h12-13,17,19-20H,3-11,14-16H2,1-2H3,(H,25,27). The number of rotatable bonds is 9. The van der Waals surface area contributed by atoms with Gasteiger partial charge in [-0.1, -0.05) is 18.9 Å². The van der Waals surface area contributed by atoms with Crippen molar-refractivity contribution in [3.63, 3.8) is 0 Å². The minimum absolute atomic E-state index is 0.0115. The number of nitrogens with one attached hydrogen (secondary N) is 1. The molecule has 30 heavy (non-hydrogen) atoms. The summed E-state index contributed by atoms with van der Waals surface area (Å²) in [7, 11) is 3.23. The van der Waals surface area contributed by atoms with Gasteiger partial charge in [0.05, 0.1) is 14.2 Å². The van der Waals surface area contributed by atoms with Crippen molar-refractivity contribution in [3.8, 4) is 11.5 Å². The van der Waals surface area contributed by atoms with E-state index in [1.54, 1.807) is 14.2 Å². The smallest absolute Gasteiger partial charge is 0.222 e. The molecule has 1 saturated heterocycles. The molecule has 2 atom stereocenters. The highest BCUT2D eigenvalue weighted by molar-refractivity contribution is 5.79. The number of methoxy groups -OCH3 is 2. The van der Waals surface area contributed by atoms with E-state index in [2.05, 4.69) is 10.2 Å². The molecule has 2 amide bonds. The first-order chi connectivity index (χ1) is 14.6. The Balaban J connectivity index is 1.35. The molecular weight excluding hydrogens is 380 g/mol. The van der Waals surface area contributed by atoms with Gasteiger partial charge >= 0.3 is 0 Å². The summed E-state index contributed by atoms with van der Waals surface area (Å²) in [5.41, 5.74) is 1.08. The van der Waals surface area contributed by atoms with Crippen LogP contribution in [0.3, 0.4) is 0 Å². The van der Waals surface area contributed by atoms with Gasteiger partial charge in [-0.15, -0.1) is 0 Å². The molecule has 1 N–H and O–H groups in total. The first-order valence-electron chi connectivity index (χ1n) is 11.4. The van der Waals surface area contributed by atoms with Crippen LogP contribution in [0.25, 0.3) is 0 Å². The average molecular weight is 417 g/mol. The third-order valence-corrected chi connectivity index (χ3v) is 6.54. The van der Waals surface area contributed by atoms with Gasteiger partial charge in [0.1, 0.15) is 0 Å². The molecule has 1 aromatic rings. The summed E-state index contributed by atoms with van der Waals surface area (Å²) in [5.74, 6) is 2.35. The second kappa shape index (κ2) is 11.2. The van der Waals surface area contributed by atoms with E-state index in [4.69, 9.17) is 9.47 Å². The highest BCUT2D eigenvalue weighted by Gasteiger charge is 2.35. The normalized spacial score (nSPS) is 20.9. The largest absolute Gasteiger partial charge is 0.493 e. The van der Waals surface area contributed by atoms with Gasteiger partial charge < -0.3 is 19.7 Å². The first kappa shape index (κ1) is 22.4. The predicted octanol–water partition coefficient (Wildman–Crippen LogP) is 3.71. The fourth-order valence-corrected chi connectivity index (χ4v) is 4.95. The van der Waals surface area contributed by atoms with Crippen molar-refractivity contribution in [3.05, 3.63) is 23.8 Å². The molecule has 6 nitrogen and oxygen atoms in total. The third kappa shape index (κ3) is 5.89. The van der Waals surface area contributed by atoms with Gasteiger partial charge in [0.2, 0.25) is 11.8 Å². The molecule has 3 rings (SSSR count). The molecule has 6 heteroatoms. The van der Waals surface area contributed by atoms with Gasteiger partial charge in [0.25, 0.3) is 0 Å². The number of hydrogen-bond donors (Lipinski definition) is 1. The Morgan fingerprint density at radius 1 is 1.03 bits per heavy atom. The summed E-state index contributed by atoms with van der Waals surface area (Å²) < 4.78 is 10.6. The zero-order valence-electron chi connectivity index (χ0n) is 18.5. The number of fused-ring (bicyclic) bond motifs is 1. The summed E-state index contributed by atoms with van der Waals surface area (Å²) in [6.45, 7) is 1.47. The Bertz CT molecular complexity index is 719. The Morgan fingerprint density at radius 3 is 2.60 bits per heavy atom. The number of nitrogens with zero attached hydrogens (tertiary/aromatic N) is 1. The fraction of sp³-hybridized carbons (Fsp3) is 0.667. The van der Waals surface area contributed by atoms with E-state index in [1.165, 1.54) is 25.7 Å². The lowest BCUT2D eigenvalue weighted by Crippen LogP contribution is -2.49. The molecule has 0 radical (unpaired) electrons. The molecule has 2 fully saturated rings. The van der Waals surface area contributed by atoms with E-state index in [-0.39, 0.29) is 11.8 Å². The van der Waals surface area contributed by atoms with Crippen molar-refractivity contribution in [1.82, 2.24) is 10.2 Å². The average Bonchev–Trinajstić information content (AvgIpc) is 2.78. The highest BCUT2D eigenvalue weighted by Crippen LogP contribution is 2.35. The zero-order chi connectivity index (χ0) is 21.3. The number of ether oxygens (including phenoxy) is 2. The Kier molecular flexibility index (Phi) is 8.40. The van der Waals surface area contributed by atoms with E-state index in [9.17, 15) is 9.59 Å². The molecule has 2 aliphatic rings. The maximum Gasteiger partial charge on any atom is 0.222 e. The third-order valence-electron chi connectivity index (χ3n) is 6.54. The molecule has 0 spiro atoms. The number of carbonyl (C=O) groups excluding carboxylic acids is 2. The maximum absolute atomic E-state index is 12.7. The van der Waals surface area contributed by atoms with Crippen molar-refractivity contribution in [1.29, 1.82) is 0 Å². The van der Waals surface area contributed by atoms with Crippen LogP contribution in [0.15, 0.2) is 18.2 Å². The van der Waals surface area contributed by atoms with Crippen molar-refractivity contribution in [2.45, 2.75) is 70.3 Å². The summed E-state index contributed by atoms with van der Waals surface area (Å²) >= 11 is 0. The SMILES string of the molecule is COc1ccc(CCNC(=O)CCCC(=O)N2CCCC3CCCCC32)cc1OC. The van der Waals surface area contributed by atoms with Crippen LogP contribution in [-0.2, 0) is 16.0 Å². The quantitative estimate of drug-likeness (QED) is 0.666. The van der Waals surface area contributed by atoms with Crippen molar-refractivity contribution in [2.24, 2.45) is 5.92 Å². The van der Waals surface area contributed by atoms with Crippen LogP contribution in [-0.4, -0.2) is 50.1 Å². The summed E-state index contributed by atoms with van der Waals surface area (Å²) in [5, 5.41) is 2.96. The minimum Gasteiger partial charge on any atom is -0.493 e. The van der Waals surface area contributed by atoms with Gasteiger partial charge in [0.15, 0.2) is 11.5 Å². The zero-order valence-corrected chi connectivity index (χ0v) is 18.5. The van der Waals surface area contributed by atoms with E-state index in [0.717, 1.165) is 31.4 Å². The summed E-state index contributed by atoms with van der Waals surface area (Å²) in [6, 6.07) is 6.23. The van der Waals surface area contributed by atoms with Crippen molar-refractivity contribution in [2.75, 3.05) is 27.3 Å². The number of benzene rings is 1. The first-order valence-corrected chi connectivity index (χ1v) is 11.4. The fourth-order valence-electron chi connectivity index (χ4n) is 4.95. The van der Waals surface area contributed by atoms with E-state index < -0.39 is 0 Å². The lowest BCUT2D eigenvalue weighted by atomic mass is 9.78. The molecule has 1 aromatic carbocycles. The number of hydrogen-bond acceptors (Lipinski definition) is 4. The van der Waals surface area contributed by atoms with Gasteiger partial charge in [-0.05, 0) is 62.1 Å². The van der Waals surface area contributed by atoms with Crippen LogP contribution in [0, 0.1) is 5.92 Å². The lowest BCUT2D eigenvalue weighted by molar-refractivity contribution is -0.137. The number of amides is 2. The van der Waals surface area contributed by atoms with E-state index in [1.807, 2.05) is 18.2 Å². The van der Waals surface area contributed by atoms with Crippen LogP contribution in [0.1, 0.15) is 63.4 Å². The number of carbonyl (C=O) groups is 2. The monoisotopic (exact) mass is 416 g/mol. The number of piperidine rings is 1. The Hall–Kier alpha value is -2.24. The molecule has 1 saturated carbocycles.